The second-order valence-electron chi connectivity index (χ2n) is 6.16. The summed E-state index contributed by atoms with van der Waals surface area (Å²) >= 11 is 5.91. The van der Waals surface area contributed by atoms with Crippen molar-refractivity contribution in [2.75, 3.05) is 0 Å². The van der Waals surface area contributed by atoms with E-state index in [1.54, 1.807) is 6.08 Å². The molecule has 1 aliphatic heterocycles. The van der Waals surface area contributed by atoms with Gasteiger partial charge in [-0.1, -0.05) is 60.1 Å². The monoisotopic (exact) mass is 389 g/mol. The Labute approximate surface area is 167 Å². The first-order valence-electron chi connectivity index (χ1n) is 8.73. The lowest BCUT2D eigenvalue weighted by Crippen LogP contribution is -2.05. The molecule has 3 aromatic carbocycles. The quantitative estimate of drug-likeness (QED) is 0.441. The molecule has 0 radical (unpaired) electrons. The molecule has 0 unspecified atom stereocenters. The fourth-order valence-electron chi connectivity index (χ4n) is 2.73. The molecule has 0 aromatic heterocycles. The molecule has 0 amide bonds. The highest BCUT2D eigenvalue weighted by Crippen LogP contribution is 2.25. The average Bonchev–Trinajstić information content (AvgIpc) is 3.10. The van der Waals surface area contributed by atoms with Gasteiger partial charge in [0, 0.05) is 16.1 Å². The highest BCUT2D eigenvalue weighted by atomic mass is 35.5. The molecule has 0 saturated heterocycles. The predicted molar refractivity (Wildman–Crippen MR) is 109 cm³/mol. The Morgan fingerprint density at radius 2 is 1.64 bits per heavy atom. The number of hydrogen-bond donors (Lipinski definition) is 0. The largest absolute Gasteiger partial charge is 0.488 e. The predicted octanol–water partition coefficient (Wildman–Crippen LogP) is 5.26. The normalized spacial score (nSPS) is 14.7. The molecule has 5 heteroatoms. The van der Waals surface area contributed by atoms with Crippen LogP contribution in [0.3, 0.4) is 0 Å². The number of halogens is 1. The third kappa shape index (κ3) is 4.13. The zero-order chi connectivity index (χ0) is 19.3. The van der Waals surface area contributed by atoms with Gasteiger partial charge >= 0.3 is 5.97 Å². The summed E-state index contributed by atoms with van der Waals surface area (Å²) in [6, 6.07) is 24.3. The molecule has 0 atom stereocenters. The van der Waals surface area contributed by atoms with E-state index in [2.05, 4.69) is 4.99 Å². The van der Waals surface area contributed by atoms with Crippen LogP contribution in [0.5, 0.6) is 5.75 Å². The van der Waals surface area contributed by atoms with Crippen LogP contribution in [-0.2, 0) is 16.1 Å². The van der Waals surface area contributed by atoms with E-state index < -0.39 is 5.97 Å². The van der Waals surface area contributed by atoms with Crippen LogP contribution in [0.25, 0.3) is 6.08 Å². The number of aliphatic imine (C=N–C) groups is 1. The molecule has 4 nitrogen and oxygen atoms in total. The van der Waals surface area contributed by atoms with Crippen molar-refractivity contribution in [3.8, 4) is 5.75 Å². The van der Waals surface area contributed by atoms with Gasteiger partial charge in [0.05, 0.1) is 0 Å². The van der Waals surface area contributed by atoms with E-state index in [0.29, 0.717) is 23.3 Å². The number of cyclic esters (lactones) is 1. The first-order valence-corrected chi connectivity index (χ1v) is 9.11. The molecule has 0 N–H and O–H groups in total. The van der Waals surface area contributed by atoms with Crippen LogP contribution in [0.1, 0.15) is 16.7 Å². The molecule has 0 saturated carbocycles. The molecule has 0 fully saturated rings. The molecule has 0 spiro atoms. The molecule has 0 bridgehead atoms. The lowest BCUT2D eigenvalue weighted by atomic mass is 10.1. The fourth-order valence-corrected chi connectivity index (χ4v) is 2.86. The zero-order valence-corrected chi connectivity index (χ0v) is 15.6. The van der Waals surface area contributed by atoms with Gasteiger partial charge < -0.3 is 9.47 Å². The van der Waals surface area contributed by atoms with E-state index in [4.69, 9.17) is 21.1 Å². The molecule has 4 rings (SSSR count). The van der Waals surface area contributed by atoms with Crippen molar-refractivity contribution in [2.45, 2.75) is 6.61 Å². The lowest BCUT2D eigenvalue weighted by Gasteiger charge is -2.09. The van der Waals surface area contributed by atoms with E-state index in [0.717, 1.165) is 16.7 Å². The maximum absolute atomic E-state index is 12.2. The van der Waals surface area contributed by atoms with E-state index in [1.807, 2.05) is 78.9 Å². The lowest BCUT2D eigenvalue weighted by molar-refractivity contribution is -0.129. The summed E-state index contributed by atoms with van der Waals surface area (Å²) in [6.45, 7) is 0.389. The first-order chi connectivity index (χ1) is 13.7. The summed E-state index contributed by atoms with van der Waals surface area (Å²) in [5.41, 5.74) is 2.74. The van der Waals surface area contributed by atoms with Crippen molar-refractivity contribution in [3.63, 3.8) is 0 Å². The Balaban J connectivity index is 1.57. The second-order valence-corrected chi connectivity index (χ2v) is 6.59. The van der Waals surface area contributed by atoms with E-state index in [-0.39, 0.29) is 5.70 Å². The van der Waals surface area contributed by atoms with Gasteiger partial charge in [0.2, 0.25) is 5.90 Å². The second kappa shape index (κ2) is 8.11. The van der Waals surface area contributed by atoms with Crippen LogP contribution < -0.4 is 4.74 Å². The standard InChI is InChI=1S/C23H16ClNO3/c24-19-12-10-16(11-13-19)15-27-21-9-5-4-8-18(21)14-20-23(26)28-22(25-20)17-6-2-1-3-7-17/h1-14H,15H2/b20-14-. The Morgan fingerprint density at radius 1 is 0.929 bits per heavy atom. The molecule has 0 aliphatic carbocycles. The first kappa shape index (κ1) is 18.0. The SMILES string of the molecule is O=C1OC(c2ccccc2)=N/C1=C\c1ccccc1OCc1ccc(Cl)cc1. The summed E-state index contributed by atoms with van der Waals surface area (Å²) in [4.78, 5) is 16.6. The smallest absolute Gasteiger partial charge is 0.363 e. The summed E-state index contributed by atoms with van der Waals surface area (Å²) in [7, 11) is 0. The maximum atomic E-state index is 12.2. The van der Waals surface area contributed by atoms with Gasteiger partial charge in [-0.2, -0.15) is 0 Å². The Kier molecular flexibility index (Phi) is 5.22. The van der Waals surface area contributed by atoms with Crippen molar-refractivity contribution in [2.24, 2.45) is 4.99 Å². The molecule has 1 heterocycles. The average molecular weight is 390 g/mol. The Hall–Kier alpha value is -3.37. The van der Waals surface area contributed by atoms with Crippen LogP contribution in [0.15, 0.2) is 89.6 Å². The van der Waals surface area contributed by atoms with E-state index in [9.17, 15) is 4.79 Å². The van der Waals surface area contributed by atoms with Crippen LogP contribution in [-0.4, -0.2) is 11.9 Å². The molecule has 138 valence electrons. The minimum atomic E-state index is -0.480. The van der Waals surface area contributed by atoms with Gasteiger partial charge in [-0.05, 0) is 42.0 Å². The number of esters is 1. The third-order valence-electron chi connectivity index (χ3n) is 4.16. The van der Waals surface area contributed by atoms with Crippen LogP contribution in [0.2, 0.25) is 5.02 Å². The minimum Gasteiger partial charge on any atom is -0.488 e. The topological polar surface area (TPSA) is 47.9 Å². The molecular weight excluding hydrogens is 374 g/mol. The van der Waals surface area contributed by atoms with Crippen LogP contribution >= 0.6 is 11.6 Å². The number of carbonyl (C=O) groups excluding carboxylic acids is 1. The summed E-state index contributed by atoms with van der Waals surface area (Å²) < 4.78 is 11.2. The summed E-state index contributed by atoms with van der Waals surface area (Å²) in [5.74, 6) is 0.476. The van der Waals surface area contributed by atoms with Crippen LogP contribution in [0.4, 0.5) is 0 Å². The van der Waals surface area contributed by atoms with Crippen molar-refractivity contribution in [3.05, 3.63) is 106 Å². The van der Waals surface area contributed by atoms with Gasteiger partial charge in [-0.3, -0.25) is 0 Å². The van der Waals surface area contributed by atoms with Gasteiger partial charge in [0.1, 0.15) is 12.4 Å². The van der Waals surface area contributed by atoms with Gasteiger partial charge in [-0.25, -0.2) is 9.79 Å². The highest BCUT2D eigenvalue weighted by Gasteiger charge is 2.24. The molecule has 3 aromatic rings. The zero-order valence-electron chi connectivity index (χ0n) is 14.8. The number of rotatable bonds is 5. The number of carbonyl (C=O) groups is 1. The number of nitrogens with zero attached hydrogens (tertiary/aromatic N) is 1. The van der Waals surface area contributed by atoms with Crippen molar-refractivity contribution >= 4 is 29.5 Å². The van der Waals surface area contributed by atoms with Gasteiger partial charge in [-0.15, -0.1) is 0 Å². The van der Waals surface area contributed by atoms with Crippen LogP contribution in [0, 0.1) is 0 Å². The number of benzene rings is 3. The van der Waals surface area contributed by atoms with Crippen molar-refractivity contribution in [1.82, 2.24) is 0 Å². The fraction of sp³-hybridized carbons (Fsp3) is 0.0435. The van der Waals surface area contributed by atoms with E-state index >= 15 is 0 Å². The maximum Gasteiger partial charge on any atom is 0.363 e. The molecular formula is C23H16ClNO3. The van der Waals surface area contributed by atoms with Gasteiger partial charge in [0.25, 0.3) is 0 Å². The number of hydrogen-bond acceptors (Lipinski definition) is 4. The summed E-state index contributed by atoms with van der Waals surface area (Å²) in [6.07, 6.45) is 1.68. The Bertz CT molecular complexity index is 1060. The summed E-state index contributed by atoms with van der Waals surface area (Å²) in [5, 5.41) is 0.681. The molecule has 28 heavy (non-hydrogen) atoms. The third-order valence-corrected chi connectivity index (χ3v) is 4.41. The van der Waals surface area contributed by atoms with Crippen molar-refractivity contribution < 1.29 is 14.3 Å². The highest BCUT2D eigenvalue weighted by molar-refractivity contribution is 6.30. The van der Waals surface area contributed by atoms with E-state index in [1.165, 1.54) is 0 Å². The minimum absolute atomic E-state index is 0.237. The van der Waals surface area contributed by atoms with Gasteiger partial charge in [0.15, 0.2) is 5.70 Å². The number of para-hydroxylation sites is 1. The Morgan fingerprint density at radius 3 is 2.43 bits per heavy atom. The molecule has 1 aliphatic rings. The van der Waals surface area contributed by atoms with Crippen molar-refractivity contribution in [1.29, 1.82) is 0 Å². The number of ether oxygens (including phenoxy) is 2.